The number of aromatic nitrogens is 1. The highest BCUT2D eigenvalue weighted by Gasteiger charge is 2.38. The Morgan fingerprint density at radius 2 is 1.79 bits per heavy atom. The molecule has 148 valence electrons. The fourth-order valence-corrected chi connectivity index (χ4v) is 3.53. The smallest absolute Gasteiger partial charge is 0.296 e. The van der Waals surface area contributed by atoms with Gasteiger partial charge in [-0.05, 0) is 42.2 Å². The van der Waals surface area contributed by atoms with Gasteiger partial charge < -0.3 is 14.8 Å². The number of hydrogen-bond donors (Lipinski definition) is 2. The van der Waals surface area contributed by atoms with Crippen LogP contribution in [0.5, 0.6) is 5.75 Å². The molecule has 4 rings (SSSR count). The highest BCUT2D eigenvalue weighted by molar-refractivity contribution is 6.34. The van der Waals surface area contributed by atoms with E-state index in [1.165, 1.54) is 0 Å². The van der Waals surface area contributed by atoms with Crippen molar-refractivity contribution in [2.75, 3.05) is 13.2 Å². The molecular formula is C23H22N2O4. The van der Waals surface area contributed by atoms with E-state index in [0.717, 1.165) is 27.8 Å². The molecule has 0 fully saturated rings. The number of nitrogens with one attached hydrogen (secondary N) is 1. The maximum Gasteiger partial charge on any atom is 0.296 e. The summed E-state index contributed by atoms with van der Waals surface area (Å²) >= 11 is 0. The predicted molar refractivity (Wildman–Crippen MR) is 110 cm³/mol. The van der Waals surface area contributed by atoms with Crippen molar-refractivity contribution in [2.45, 2.75) is 19.8 Å². The lowest BCUT2D eigenvalue weighted by Gasteiger charge is -2.14. The fraction of sp³-hybridized carbons (Fsp3) is 0.217. The molecule has 2 aromatic carbocycles. The van der Waals surface area contributed by atoms with Crippen molar-refractivity contribution in [1.29, 1.82) is 0 Å². The van der Waals surface area contributed by atoms with Gasteiger partial charge in [-0.1, -0.05) is 37.3 Å². The molecule has 29 heavy (non-hydrogen) atoms. The van der Waals surface area contributed by atoms with E-state index in [1.807, 2.05) is 37.4 Å². The first-order valence-electron chi connectivity index (χ1n) is 9.67. The number of hydrogen-bond acceptors (Lipinski definition) is 4. The number of carbonyl (C=O) groups excluding carboxylic acids is 2. The minimum absolute atomic E-state index is 0.0379. The molecule has 1 aliphatic heterocycles. The molecule has 6 heteroatoms. The van der Waals surface area contributed by atoms with Gasteiger partial charge in [-0.25, -0.2) is 0 Å². The zero-order valence-corrected chi connectivity index (χ0v) is 16.1. The van der Waals surface area contributed by atoms with Gasteiger partial charge in [0.15, 0.2) is 5.76 Å². The topological polar surface area (TPSA) is 82.6 Å². The number of fused-ring (bicyclic) bond motifs is 1. The summed E-state index contributed by atoms with van der Waals surface area (Å²) in [6, 6.07) is 14.7. The molecule has 0 saturated carbocycles. The zero-order chi connectivity index (χ0) is 20.4. The van der Waals surface area contributed by atoms with E-state index < -0.39 is 17.6 Å². The average Bonchev–Trinajstić information content (AvgIpc) is 3.24. The Bertz CT molecular complexity index is 1100. The molecule has 2 amide bonds. The number of aromatic amines is 1. The quantitative estimate of drug-likeness (QED) is 0.601. The van der Waals surface area contributed by atoms with Crippen LogP contribution in [0, 0.1) is 0 Å². The van der Waals surface area contributed by atoms with Crippen LogP contribution in [-0.4, -0.2) is 40.0 Å². The van der Waals surface area contributed by atoms with Crippen LogP contribution < -0.4 is 4.74 Å². The number of nitrogens with zero attached hydrogens (tertiary/aromatic N) is 1. The van der Waals surface area contributed by atoms with Gasteiger partial charge in [-0.3, -0.25) is 14.5 Å². The number of amides is 2. The molecule has 1 aromatic heterocycles. The number of benzene rings is 2. The summed E-state index contributed by atoms with van der Waals surface area (Å²) < 4.78 is 5.54. The average molecular weight is 390 g/mol. The second-order valence-electron chi connectivity index (χ2n) is 6.97. The van der Waals surface area contributed by atoms with Crippen LogP contribution in [0.3, 0.4) is 0 Å². The number of carbonyl (C=O) groups is 2. The number of para-hydroxylation sites is 1. The number of aliphatic hydroxyl groups is 1. The minimum Gasteiger partial charge on any atom is -0.502 e. The molecule has 6 nitrogen and oxygen atoms in total. The normalized spacial score (nSPS) is 14.3. The maximum atomic E-state index is 12.9. The molecule has 1 aliphatic rings. The van der Waals surface area contributed by atoms with E-state index in [-0.39, 0.29) is 12.1 Å². The van der Waals surface area contributed by atoms with E-state index in [1.54, 1.807) is 24.3 Å². The minimum atomic E-state index is -0.656. The molecule has 0 bridgehead atoms. The first kappa shape index (κ1) is 18.8. The van der Waals surface area contributed by atoms with Crippen molar-refractivity contribution in [2.24, 2.45) is 0 Å². The van der Waals surface area contributed by atoms with E-state index in [2.05, 4.69) is 4.98 Å². The fourth-order valence-electron chi connectivity index (χ4n) is 3.53. The van der Waals surface area contributed by atoms with Gasteiger partial charge in [-0.15, -0.1) is 0 Å². The lowest BCUT2D eigenvalue weighted by atomic mass is 10.1. The van der Waals surface area contributed by atoms with E-state index >= 15 is 0 Å². The number of imide groups is 1. The molecule has 0 unspecified atom stereocenters. The Hall–Kier alpha value is -3.54. The lowest BCUT2D eigenvalue weighted by molar-refractivity contribution is -0.138. The van der Waals surface area contributed by atoms with Crippen LogP contribution in [-0.2, 0) is 16.0 Å². The number of rotatable bonds is 7. The molecular weight excluding hydrogens is 368 g/mol. The van der Waals surface area contributed by atoms with Crippen LogP contribution in [0.15, 0.2) is 60.5 Å². The Kier molecular flexibility index (Phi) is 5.08. The standard InChI is InChI=1S/C23H22N2O4/c1-2-13-29-17-9-7-15(8-10-17)20-21(26)23(28)25(22(20)27)12-11-16-14-24-19-6-4-3-5-18(16)19/h3-10,14,24,26H,2,11-13H2,1H3. The summed E-state index contributed by atoms with van der Waals surface area (Å²) in [5.74, 6) is -0.953. The zero-order valence-electron chi connectivity index (χ0n) is 16.1. The van der Waals surface area contributed by atoms with E-state index in [9.17, 15) is 14.7 Å². The molecule has 2 N–H and O–H groups in total. The monoisotopic (exact) mass is 390 g/mol. The highest BCUT2D eigenvalue weighted by Crippen LogP contribution is 2.29. The largest absolute Gasteiger partial charge is 0.502 e. The molecule has 2 heterocycles. The van der Waals surface area contributed by atoms with Crippen molar-refractivity contribution >= 4 is 28.3 Å². The van der Waals surface area contributed by atoms with Gasteiger partial charge >= 0.3 is 0 Å². The molecule has 0 spiro atoms. The van der Waals surface area contributed by atoms with E-state index in [4.69, 9.17) is 4.74 Å². The Labute approximate surface area is 168 Å². The van der Waals surface area contributed by atoms with Gasteiger partial charge in [-0.2, -0.15) is 0 Å². The van der Waals surface area contributed by atoms with Crippen molar-refractivity contribution in [3.63, 3.8) is 0 Å². The first-order valence-corrected chi connectivity index (χ1v) is 9.67. The lowest BCUT2D eigenvalue weighted by Crippen LogP contribution is -2.33. The number of ether oxygens (including phenoxy) is 1. The van der Waals surface area contributed by atoms with Crippen molar-refractivity contribution in [3.05, 3.63) is 71.6 Å². The summed E-state index contributed by atoms with van der Waals surface area (Å²) in [6.07, 6.45) is 3.29. The van der Waals surface area contributed by atoms with Gasteiger partial charge in [0.2, 0.25) is 0 Å². The predicted octanol–water partition coefficient (Wildman–Crippen LogP) is 3.84. The van der Waals surface area contributed by atoms with Crippen LogP contribution in [0.1, 0.15) is 24.5 Å². The summed E-state index contributed by atoms with van der Waals surface area (Å²) in [5.41, 5.74) is 2.57. The molecule has 0 saturated heterocycles. The van der Waals surface area contributed by atoms with Gasteiger partial charge in [0.05, 0.1) is 12.2 Å². The van der Waals surface area contributed by atoms with Crippen LogP contribution in [0.2, 0.25) is 0 Å². The third-order valence-corrected chi connectivity index (χ3v) is 5.04. The molecule has 3 aromatic rings. The van der Waals surface area contributed by atoms with E-state index in [0.29, 0.717) is 24.3 Å². The van der Waals surface area contributed by atoms with Crippen molar-refractivity contribution < 1.29 is 19.4 Å². The second kappa shape index (κ2) is 7.83. The van der Waals surface area contributed by atoms with Gasteiger partial charge in [0.1, 0.15) is 5.75 Å². The highest BCUT2D eigenvalue weighted by atomic mass is 16.5. The SMILES string of the molecule is CCCOc1ccc(C2=C(O)C(=O)N(CCc3c[nH]c4ccccc34)C2=O)cc1. The Morgan fingerprint density at radius 3 is 2.55 bits per heavy atom. The van der Waals surface area contributed by atoms with Crippen LogP contribution in [0.4, 0.5) is 0 Å². The summed E-state index contributed by atoms with van der Waals surface area (Å²) in [5, 5.41) is 11.4. The first-order chi connectivity index (χ1) is 14.1. The molecule has 0 aliphatic carbocycles. The Balaban J connectivity index is 1.50. The van der Waals surface area contributed by atoms with Crippen LogP contribution >= 0.6 is 0 Å². The van der Waals surface area contributed by atoms with Crippen LogP contribution in [0.25, 0.3) is 16.5 Å². The van der Waals surface area contributed by atoms with Crippen molar-refractivity contribution in [1.82, 2.24) is 9.88 Å². The number of H-pyrrole nitrogens is 1. The summed E-state index contributed by atoms with van der Waals surface area (Å²) in [6.45, 7) is 2.82. The molecule has 0 radical (unpaired) electrons. The van der Waals surface area contributed by atoms with Crippen molar-refractivity contribution in [3.8, 4) is 5.75 Å². The van der Waals surface area contributed by atoms with Gasteiger partial charge in [0.25, 0.3) is 11.8 Å². The second-order valence-corrected chi connectivity index (χ2v) is 6.97. The third-order valence-electron chi connectivity index (χ3n) is 5.04. The van der Waals surface area contributed by atoms with Gasteiger partial charge in [0, 0.05) is 23.6 Å². The summed E-state index contributed by atoms with van der Waals surface area (Å²) in [4.78, 5) is 29.6. The number of aliphatic hydroxyl groups excluding tert-OH is 1. The Morgan fingerprint density at radius 1 is 1.03 bits per heavy atom. The third kappa shape index (κ3) is 3.49. The molecule has 0 atom stereocenters. The summed E-state index contributed by atoms with van der Waals surface area (Å²) in [7, 11) is 0. The maximum absolute atomic E-state index is 12.9.